The highest BCUT2D eigenvalue weighted by molar-refractivity contribution is 5.87. The van der Waals surface area contributed by atoms with Gasteiger partial charge in [0.25, 0.3) is 5.56 Å². The van der Waals surface area contributed by atoms with Crippen LogP contribution in [0.5, 0.6) is 0 Å². The number of fused-ring (bicyclic) bond motifs is 1. The van der Waals surface area contributed by atoms with Gasteiger partial charge in [0.2, 0.25) is 0 Å². The molecule has 1 aliphatic rings. The summed E-state index contributed by atoms with van der Waals surface area (Å²) in [6, 6.07) is 11.0. The molecule has 2 aromatic rings. The van der Waals surface area contributed by atoms with Gasteiger partial charge in [0, 0.05) is 24.7 Å². The number of aryl methyl sites for hydroxylation is 1. The first-order chi connectivity index (χ1) is 10.1. The average molecular weight is 283 g/mol. The minimum atomic E-state index is -1.07. The van der Waals surface area contributed by atoms with E-state index in [9.17, 15) is 9.59 Å². The first kappa shape index (κ1) is 13.6. The van der Waals surface area contributed by atoms with Gasteiger partial charge in [0.15, 0.2) is 0 Å². The highest BCUT2D eigenvalue weighted by Crippen LogP contribution is 2.32. The molecule has 0 radical (unpaired) electrons. The van der Waals surface area contributed by atoms with Crippen molar-refractivity contribution in [3.8, 4) is 0 Å². The van der Waals surface area contributed by atoms with E-state index >= 15 is 0 Å². The van der Waals surface area contributed by atoms with Crippen molar-refractivity contribution >= 4 is 5.97 Å². The molecule has 0 bridgehead atoms. The quantitative estimate of drug-likeness (QED) is 0.942. The Bertz CT molecular complexity index is 733. The van der Waals surface area contributed by atoms with Crippen molar-refractivity contribution in [1.82, 2.24) is 4.57 Å². The molecule has 1 unspecified atom stereocenters. The lowest BCUT2D eigenvalue weighted by Gasteiger charge is -2.26. The Kier molecular flexibility index (Phi) is 3.60. The molecular formula is C17H17NO3. The van der Waals surface area contributed by atoms with Crippen molar-refractivity contribution in [2.24, 2.45) is 0 Å². The third-order valence-electron chi connectivity index (χ3n) is 4.15. The van der Waals surface area contributed by atoms with Crippen LogP contribution in [0.15, 0.2) is 47.4 Å². The summed E-state index contributed by atoms with van der Waals surface area (Å²) in [5.41, 5.74) is 2.47. The third kappa shape index (κ3) is 2.75. The van der Waals surface area contributed by atoms with Crippen molar-refractivity contribution < 1.29 is 9.90 Å². The van der Waals surface area contributed by atoms with Gasteiger partial charge in [-0.15, -0.1) is 0 Å². The minimum Gasteiger partial charge on any atom is -0.478 e. The number of aromatic nitrogens is 1. The van der Waals surface area contributed by atoms with Gasteiger partial charge >= 0.3 is 5.97 Å². The summed E-state index contributed by atoms with van der Waals surface area (Å²) in [6.07, 6.45) is 4.87. The summed E-state index contributed by atoms with van der Waals surface area (Å²) < 4.78 is 1.61. The average Bonchev–Trinajstić information content (AvgIpc) is 2.49. The number of hydrogen-bond donors (Lipinski definition) is 1. The zero-order valence-corrected chi connectivity index (χ0v) is 11.7. The lowest BCUT2D eigenvalue weighted by atomic mass is 9.83. The Hall–Kier alpha value is -2.36. The molecule has 0 amide bonds. The minimum absolute atomic E-state index is 0.0419. The number of rotatable bonds is 3. The molecule has 0 fully saturated rings. The van der Waals surface area contributed by atoms with Gasteiger partial charge in [-0.3, -0.25) is 4.79 Å². The number of carboxylic acids is 1. The fraction of sp³-hybridized carbons (Fsp3) is 0.294. The second-order valence-corrected chi connectivity index (χ2v) is 5.50. The number of hydrogen-bond acceptors (Lipinski definition) is 2. The number of pyridine rings is 1. The summed E-state index contributed by atoms with van der Waals surface area (Å²) in [5, 5.41) is 8.90. The maximum Gasteiger partial charge on any atom is 0.335 e. The SMILES string of the molecule is O=C(O)c1ccn(CC2CCCc3ccccc32)c(=O)c1. The Morgan fingerprint density at radius 2 is 2.10 bits per heavy atom. The summed E-state index contributed by atoms with van der Waals surface area (Å²) in [7, 11) is 0. The highest BCUT2D eigenvalue weighted by atomic mass is 16.4. The van der Waals surface area contributed by atoms with E-state index in [0.717, 1.165) is 19.3 Å². The molecule has 1 heterocycles. The van der Waals surface area contributed by atoms with Crippen LogP contribution in [0.25, 0.3) is 0 Å². The van der Waals surface area contributed by atoms with E-state index in [4.69, 9.17) is 5.11 Å². The van der Waals surface area contributed by atoms with Gasteiger partial charge in [0.05, 0.1) is 5.56 Å². The normalized spacial score (nSPS) is 17.2. The molecule has 0 saturated heterocycles. The molecule has 108 valence electrons. The Morgan fingerprint density at radius 3 is 2.86 bits per heavy atom. The van der Waals surface area contributed by atoms with Gasteiger partial charge in [-0.1, -0.05) is 24.3 Å². The van der Waals surface area contributed by atoms with E-state index in [1.165, 1.54) is 23.3 Å². The van der Waals surface area contributed by atoms with Gasteiger partial charge < -0.3 is 9.67 Å². The first-order valence-corrected chi connectivity index (χ1v) is 7.17. The molecule has 21 heavy (non-hydrogen) atoms. The van der Waals surface area contributed by atoms with E-state index < -0.39 is 5.97 Å². The molecule has 0 spiro atoms. The van der Waals surface area contributed by atoms with Gasteiger partial charge in [-0.25, -0.2) is 4.79 Å². The number of carbonyl (C=O) groups is 1. The molecule has 4 nitrogen and oxygen atoms in total. The zero-order valence-electron chi connectivity index (χ0n) is 11.7. The van der Waals surface area contributed by atoms with Crippen LogP contribution < -0.4 is 5.56 Å². The largest absolute Gasteiger partial charge is 0.478 e. The second-order valence-electron chi connectivity index (χ2n) is 5.50. The van der Waals surface area contributed by atoms with Crippen LogP contribution in [-0.4, -0.2) is 15.6 Å². The van der Waals surface area contributed by atoms with E-state index in [0.29, 0.717) is 12.5 Å². The molecule has 0 saturated carbocycles. The van der Waals surface area contributed by atoms with Gasteiger partial charge in [0.1, 0.15) is 0 Å². The number of benzene rings is 1. The summed E-state index contributed by atoms with van der Waals surface area (Å²) in [5.74, 6) is -0.745. The molecule has 3 rings (SSSR count). The molecule has 1 N–H and O–H groups in total. The molecule has 0 aliphatic heterocycles. The summed E-state index contributed by atoms with van der Waals surface area (Å²) in [6.45, 7) is 0.607. The van der Waals surface area contributed by atoms with Crippen LogP contribution in [0.3, 0.4) is 0 Å². The Morgan fingerprint density at radius 1 is 1.29 bits per heavy atom. The maximum absolute atomic E-state index is 12.0. The lowest BCUT2D eigenvalue weighted by molar-refractivity contribution is 0.0696. The van der Waals surface area contributed by atoms with Crippen LogP contribution in [0.1, 0.15) is 40.2 Å². The summed E-state index contributed by atoms with van der Waals surface area (Å²) >= 11 is 0. The smallest absolute Gasteiger partial charge is 0.335 e. The fourth-order valence-corrected chi connectivity index (χ4v) is 3.07. The monoisotopic (exact) mass is 283 g/mol. The molecule has 4 heteroatoms. The van der Waals surface area contributed by atoms with E-state index in [1.54, 1.807) is 10.8 Å². The van der Waals surface area contributed by atoms with Crippen molar-refractivity contribution in [3.63, 3.8) is 0 Å². The predicted octanol–water partition coefficient (Wildman–Crippen LogP) is 2.67. The number of nitrogens with zero attached hydrogens (tertiary/aromatic N) is 1. The third-order valence-corrected chi connectivity index (χ3v) is 4.15. The van der Waals surface area contributed by atoms with Gasteiger partial charge in [-0.2, -0.15) is 0 Å². The zero-order chi connectivity index (χ0) is 14.8. The maximum atomic E-state index is 12.0. The number of carboxylic acid groups (broad SMARTS) is 1. The van der Waals surface area contributed by atoms with Crippen LogP contribution >= 0.6 is 0 Å². The molecule has 1 aromatic heterocycles. The van der Waals surface area contributed by atoms with Crippen molar-refractivity contribution in [1.29, 1.82) is 0 Å². The molecule has 1 atom stereocenters. The van der Waals surface area contributed by atoms with E-state index in [-0.39, 0.29) is 11.1 Å². The topological polar surface area (TPSA) is 59.3 Å². The van der Waals surface area contributed by atoms with Crippen LogP contribution in [0.4, 0.5) is 0 Å². The summed E-state index contributed by atoms with van der Waals surface area (Å²) in [4.78, 5) is 22.9. The van der Waals surface area contributed by atoms with Crippen molar-refractivity contribution in [3.05, 3.63) is 69.6 Å². The van der Waals surface area contributed by atoms with Crippen molar-refractivity contribution in [2.45, 2.75) is 31.7 Å². The van der Waals surface area contributed by atoms with Crippen molar-refractivity contribution in [2.75, 3.05) is 0 Å². The molecule has 1 aromatic carbocycles. The Balaban J connectivity index is 1.88. The van der Waals surface area contributed by atoms with E-state index in [2.05, 4.69) is 18.2 Å². The fourth-order valence-electron chi connectivity index (χ4n) is 3.07. The lowest BCUT2D eigenvalue weighted by Crippen LogP contribution is -2.25. The highest BCUT2D eigenvalue weighted by Gasteiger charge is 2.20. The predicted molar refractivity (Wildman–Crippen MR) is 79.8 cm³/mol. The standard InChI is InChI=1S/C17H17NO3/c19-16-10-13(17(20)21)8-9-18(16)11-14-6-3-5-12-4-1-2-7-15(12)14/h1-2,4,7-10,14H,3,5-6,11H2,(H,20,21). The Labute approximate surface area is 122 Å². The van der Waals surface area contributed by atoms with Crippen LogP contribution in [0, 0.1) is 0 Å². The van der Waals surface area contributed by atoms with Crippen LogP contribution in [-0.2, 0) is 13.0 Å². The van der Waals surface area contributed by atoms with Gasteiger partial charge in [-0.05, 0) is 36.5 Å². The second kappa shape index (κ2) is 5.56. The molecular weight excluding hydrogens is 266 g/mol. The van der Waals surface area contributed by atoms with E-state index in [1.807, 2.05) is 6.07 Å². The first-order valence-electron chi connectivity index (χ1n) is 7.17. The molecule has 1 aliphatic carbocycles. The van der Waals surface area contributed by atoms with Crippen LogP contribution in [0.2, 0.25) is 0 Å². The number of aromatic carboxylic acids is 1.